The van der Waals surface area contributed by atoms with Gasteiger partial charge in [0.2, 0.25) is 0 Å². The summed E-state index contributed by atoms with van der Waals surface area (Å²) in [5.74, 6) is -1.56. The molecule has 1 aromatic heterocycles. The maximum Gasteiger partial charge on any atom is 0.340 e. The first-order chi connectivity index (χ1) is 6.70. The zero-order valence-electron chi connectivity index (χ0n) is 7.19. The van der Waals surface area contributed by atoms with Crippen LogP contribution in [0.1, 0.15) is 26.3 Å². The predicted octanol–water partition coefficient (Wildman–Crippen LogP) is 0.493. The highest BCUT2D eigenvalue weighted by molar-refractivity contribution is 5.97. The minimum Gasteiger partial charge on any atom is -0.478 e. The molecule has 0 saturated carbocycles. The van der Waals surface area contributed by atoms with Crippen molar-refractivity contribution >= 4 is 11.9 Å². The van der Waals surface area contributed by atoms with Crippen molar-refractivity contribution in [1.29, 1.82) is 0 Å². The predicted molar refractivity (Wildman–Crippen MR) is 45.2 cm³/mol. The van der Waals surface area contributed by atoms with Crippen LogP contribution in [0.15, 0.2) is 12.4 Å². The molecule has 2 heterocycles. The van der Waals surface area contributed by atoms with E-state index in [1.54, 1.807) is 0 Å². The number of hydrogen-bond donors (Lipinski definition) is 1. The fourth-order valence-corrected chi connectivity index (χ4v) is 1.44. The van der Waals surface area contributed by atoms with Crippen LogP contribution in [0.3, 0.4) is 0 Å². The van der Waals surface area contributed by atoms with Crippen LogP contribution in [0.4, 0.5) is 0 Å². The Bertz CT molecular complexity index is 399. The van der Waals surface area contributed by atoms with Crippen molar-refractivity contribution in [2.75, 3.05) is 6.61 Å². The molecule has 2 rings (SSSR count). The van der Waals surface area contributed by atoms with Crippen LogP contribution >= 0.6 is 0 Å². The lowest BCUT2D eigenvalue weighted by Crippen LogP contribution is -2.21. The number of rotatable bonds is 1. The number of pyridine rings is 1. The van der Waals surface area contributed by atoms with Crippen molar-refractivity contribution in [2.45, 2.75) is 6.42 Å². The van der Waals surface area contributed by atoms with Gasteiger partial charge in [-0.25, -0.2) is 9.59 Å². The monoisotopic (exact) mass is 193 g/mol. The highest BCUT2D eigenvalue weighted by Crippen LogP contribution is 2.19. The van der Waals surface area contributed by atoms with E-state index in [2.05, 4.69) is 4.98 Å². The summed E-state index contributed by atoms with van der Waals surface area (Å²) in [6.07, 6.45) is 3.02. The van der Waals surface area contributed by atoms with Gasteiger partial charge in [0, 0.05) is 18.8 Å². The lowest BCUT2D eigenvalue weighted by atomic mass is 10.00. The number of aromatic carboxylic acids is 1. The Morgan fingerprint density at radius 1 is 1.50 bits per heavy atom. The lowest BCUT2D eigenvalue weighted by Gasteiger charge is -2.16. The van der Waals surface area contributed by atoms with Gasteiger partial charge in [-0.1, -0.05) is 0 Å². The third-order valence-electron chi connectivity index (χ3n) is 2.09. The molecule has 0 unspecified atom stereocenters. The van der Waals surface area contributed by atoms with Crippen molar-refractivity contribution in [2.24, 2.45) is 0 Å². The van der Waals surface area contributed by atoms with Crippen LogP contribution in [-0.4, -0.2) is 28.6 Å². The Balaban J connectivity index is 2.60. The first-order valence-corrected chi connectivity index (χ1v) is 4.07. The minimum absolute atomic E-state index is 0.0825. The summed E-state index contributed by atoms with van der Waals surface area (Å²) in [6.45, 7) is 0.232. The van der Waals surface area contributed by atoms with E-state index in [0.29, 0.717) is 12.0 Å². The average molecular weight is 193 g/mol. The second-order valence-corrected chi connectivity index (χ2v) is 2.90. The van der Waals surface area contributed by atoms with Crippen molar-refractivity contribution in [1.82, 2.24) is 4.98 Å². The molecule has 0 amide bonds. The largest absolute Gasteiger partial charge is 0.478 e. The fourth-order valence-electron chi connectivity index (χ4n) is 1.44. The molecule has 0 saturated heterocycles. The van der Waals surface area contributed by atoms with Crippen LogP contribution in [0, 0.1) is 0 Å². The van der Waals surface area contributed by atoms with Gasteiger partial charge in [0.05, 0.1) is 17.7 Å². The summed E-state index contributed by atoms with van der Waals surface area (Å²) in [7, 11) is 0. The molecule has 1 aromatic rings. The number of carboxylic acids is 1. The summed E-state index contributed by atoms with van der Waals surface area (Å²) in [4.78, 5) is 25.7. The summed E-state index contributed by atoms with van der Waals surface area (Å²) < 4.78 is 4.77. The van der Waals surface area contributed by atoms with Gasteiger partial charge in [0.1, 0.15) is 0 Å². The van der Waals surface area contributed by atoms with E-state index in [1.807, 2.05) is 0 Å². The van der Waals surface area contributed by atoms with Crippen molar-refractivity contribution in [3.8, 4) is 0 Å². The van der Waals surface area contributed by atoms with Gasteiger partial charge >= 0.3 is 11.9 Å². The molecule has 0 aliphatic carbocycles. The molecule has 0 bridgehead atoms. The van der Waals surface area contributed by atoms with Crippen molar-refractivity contribution in [3.05, 3.63) is 29.1 Å². The van der Waals surface area contributed by atoms with Gasteiger partial charge in [-0.05, 0) is 5.56 Å². The molecule has 0 spiro atoms. The van der Waals surface area contributed by atoms with E-state index in [1.165, 1.54) is 12.4 Å². The summed E-state index contributed by atoms with van der Waals surface area (Å²) in [5, 5.41) is 8.83. The van der Waals surface area contributed by atoms with E-state index in [0.717, 1.165) is 0 Å². The zero-order valence-corrected chi connectivity index (χ0v) is 7.19. The fraction of sp³-hybridized carbons (Fsp3) is 0.222. The van der Waals surface area contributed by atoms with Crippen LogP contribution in [0.5, 0.6) is 0 Å². The number of carboxylic acid groups (broad SMARTS) is 1. The average Bonchev–Trinajstić information content (AvgIpc) is 2.17. The van der Waals surface area contributed by atoms with Gasteiger partial charge in [-0.15, -0.1) is 0 Å². The molecule has 0 radical (unpaired) electrons. The second kappa shape index (κ2) is 3.10. The van der Waals surface area contributed by atoms with Crippen LogP contribution < -0.4 is 0 Å². The van der Waals surface area contributed by atoms with Gasteiger partial charge in [0.15, 0.2) is 0 Å². The summed E-state index contributed by atoms with van der Waals surface area (Å²) in [5.41, 5.74) is 0.860. The highest BCUT2D eigenvalue weighted by atomic mass is 16.5. The van der Waals surface area contributed by atoms with E-state index in [9.17, 15) is 9.59 Å². The van der Waals surface area contributed by atoms with E-state index < -0.39 is 11.9 Å². The maximum absolute atomic E-state index is 11.2. The Morgan fingerprint density at radius 2 is 2.29 bits per heavy atom. The summed E-state index contributed by atoms with van der Waals surface area (Å²) >= 11 is 0. The second-order valence-electron chi connectivity index (χ2n) is 2.90. The van der Waals surface area contributed by atoms with Crippen molar-refractivity contribution < 1.29 is 19.4 Å². The molecule has 72 valence electrons. The van der Waals surface area contributed by atoms with Crippen LogP contribution in [0.25, 0.3) is 0 Å². The van der Waals surface area contributed by atoms with Gasteiger partial charge in [0.25, 0.3) is 0 Å². The minimum atomic E-state index is -1.07. The molecule has 1 N–H and O–H groups in total. The molecule has 0 atom stereocenters. The molecule has 0 aromatic carbocycles. The standard InChI is InChI=1S/C9H7NO4/c11-8(12)6-3-10-4-7-5(6)1-2-14-9(7)13/h3-4H,1-2H2,(H,11,12). The topological polar surface area (TPSA) is 76.5 Å². The maximum atomic E-state index is 11.2. The Morgan fingerprint density at radius 3 is 3.00 bits per heavy atom. The third-order valence-corrected chi connectivity index (χ3v) is 2.09. The number of carbonyl (C=O) groups is 2. The first kappa shape index (κ1) is 8.68. The highest BCUT2D eigenvalue weighted by Gasteiger charge is 2.23. The number of carbonyl (C=O) groups excluding carboxylic acids is 1. The summed E-state index contributed by atoms with van der Waals surface area (Å²) in [6, 6.07) is 0. The normalized spacial score (nSPS) is 14.4. The molecular formula is C9H7NO4. The number of ether oxygens (including phenoxy) is 1. The number of cyclic esters (lactones) is 1. The smallest absolute Gasteiger partial charge is 0.340 e. The van der Waals surface area contributed by atoms with E-state index in [4.69, 9.17) is 9.84 Å². The molecule has 0 fully saturated rings. The quantitative estimate of drug-likeness (QED) is 0.657. The molecule has 1 aliphatic heterocycles. The first-order valence-electron chi connectivity index (χ1n) is 4.07. The Labute approximate surface area is 79.3 Å². The van der Waals surface area contributed by atoms with Gasteiger partial charge in [-0.3, -0.25) is 4.98 Å². The van der Waals surface area contributed by atoms with Crippen molar-refractivity contribution in [3.63, 3.8) is 0 Å². The van der Waals surface area contributed by atoms with Gasteiger partial charge in [-0.2, -0.15) is 0 Å². The Kier molecular flexibility index (Phi) is 1.92. The van der Waals surface area contributed by atoms with E-state index >= 15 is 0 Å². The number of esters is 1. The molecular weight excluding hydrogens is 186 g/mol. The SMILES string of the molecule is O=C(O)c1cncc2c1CCOC2=O. The van der Waals surface area contributed by atoms with E-state index in [-0.39, 0.29) is 17.7 Å². The lowest BCUT2D eigenvalue weighted by molar-refractivity contribution is 0.0478. The van der Waals surface area contributed by atoms with Gasteiger partial charge < -0.3 is 9.84 Å². The third kappa shape index (κ3) is 1.22. The van der Waals surface area contributed by atoms with Crippen LogP contribution in [-0.2, 0) is 11.2 Å². The number of nitrogens with zero attached hydrogens (tertiary/aromatic N) is 1. The molecule has 14 heavy (non-hydrogen) atoms. The molecule has 5 heteroatoms. The molecule has 5 nitrogen and oxygen atoms in total. The Hall–Kier alpha value is -1.91. The number of aromatic nitrogens is 1. The number of hydrogen-bond acceptors (Lipinski definition) is 4. The van der Waals surface area contributed by atoms with Crippen LogP contribution in [0.2, 0.25) is 0 Å². The molecule has 1 aliphatic rings. The zero-order chi connectivity index (χ0) is 10.1. The number of fused-ring (bicyclic) bond motifs is 1.